The highest BCUT2D eigenvalue weighted by Crippen LogP contribution is 2.20. The average Bonchev–Trinajstić information content (AvgIpc) is 2.83. The Labute approximate surface area is 140 Å². The van der Waals surface area contributed by atoms with E-state index >= 15 is 0 Å². The molecule has 2 amide bonds. The zero-order valence-corrected chi connectivity index (χ0v) is 14.4. The normalized spacial score (nSPS) is 12.1. The van der Waals surface area contributed by atoms with E-state index in [9.17, 15) is 14.3 Å². The van der Waals surface area contributed by atoms with Crippen LogP contribution in [0.5, 0.6) is 0 Å². The fraction of sp³-hybridized carbons (Fsp3) is 0.412. The number of carbonyl (C=O) groups is 1. The molecule has 1 aromatic carbocycles. The molecule has 1 atom stereocenters. The van der Waals surface area contributed by atoms with Crippen LogP contribution >= 0.6 is 0 Å². The van der Waals surface area contributed by atoms with Crippen molar-refractivity contribution in [1.82, 2.24) is 14.7 Å². The molecule has 0 unspecified atom stereocenters. The number of anilines is 1. The van der Waals surface area contributed by atoms with E-state index in [0.29, 0.717) is 24.3 Å². The molecule has 24 heavy (non-hydrogen) atoms. The van der Waals surface area contributed by atoms with Crippen LogP contribution in [0.25, 0.3) is 5.69 Å². The molecule has 6 nitrogen and oxygen atoms in total. The summed E-state index contributed by atoms with van der Waals surface area (Å²) in [6.07, 6.45) is 0.00699. The number of aliphatic hydroxyl groups excluding tert-OH is 1. The number of aliphatic hydroxyl groups is 1. The van der Waals surface area contributed by atoms with Gasteiger partial charge in [-0.3, -0.25) is 0 Å². The number of nitrogens with one attached hydrogen (secondary N) is 1. The van der Waals surface area contributed by atoms with Crippen molar-refractivity contribution < 1.29 is 14.3 Å². The van der Waals surface area contributed by atoms with Crippen molar-refractivity contribution in [2.45, 2.75) is 33.3 Å². The third-order valence-corrected chi connectivity index (χ3v) is 3.67. The predicted octanol–water partition coefficient (Wildman–Crippen LogP) is 2.86. The lowest BCUT2D eigenvalue weighted by Gasteiger charge is -2.19. The summed E-state index contributed by atoms with van der Waals surface area (Å²) in [7, 11) is 1.62. The molecule has 0 bridgehead atoms. The van der Waals surface area contributed by atoms with Crippen LogP contribution in [-0.4, -0.2) is 45.5 Å². The van der Waals surface area contributed by atoms with Crippen LogP contribution in [0.4, 0.5) is 14.9 Å². The predicted molar refractivity (Wildman–Crippen MR) is 90.9 cm³/mol. The lowest BCUT2D eigenvalue weighted by Crippen LogP contribution is -2.33. The van der Waals surface area contributed by atoms with Gasteiger partial charge in [-0.15, -0.1) is 0 Å². The third-order valence-electron chi connectivity index (χ3n) is 3.67. The molecule has 0 radical (unpaired) electrons. The molecule has 130 valence electrons. The van der Waals surface area contributed by atoms with Gasteiger partial charge in [0, 0.05) is 25.0 Å². The van der Waals surface area contributed by atoms with E-state index in [4.69, 9.17) is 0 Å². The van der Waals surface area contributed by atoms with Gasteiger partial charge in [0.05, 0.1) is 11.8 Å². The number of aryl methyl sites for hydroxylation is 2. The standard InChI is InChI=1S/C17H23FN4O2/c1-11-9-12(2)22(20-11)16-6-5-14(10-15(16)18)19-17(24)21(4)8-7-13(3)23/h5-6,9-10,13,23H,7-8H2,1-4H3,(H,19,24)/t13-/m0/s1. The van der Waals surface area contributed by atoms with Crippen LogP contribution < -0.4 is 5.32 Å². The SMILES string of the molecule is Cc1cc(C)n(-c2ccc(NC(=O)N(C)CC[C@H](C)O)cc2F)n1. The monoisotopic (exact) mass is 334 g/mol. The summed E-state index contributed by atoms with van der Waals surface area (Å²) < 4.78 is 15.9. The van der Waals surface area contributed by atoms with Crippen molar-refractivity contribution in [3.63, 3.8) is 0 Å². The molecule has 7 heteroatoms. The van der Waals surface area contributed by atoms with Gasteiger partial charge in [-0.25, -0.2) is 13.9 Å². The van der Waals surface area contributed by atoms with Crippen molar-refractivity contribution in [3.8, 4) is 5.69 Å². The minimum atomic E-state index is -0.474. The van der Waals surface area contributed by atoms with Gasteiger partial charge >= 0.3 is 6.03 Å². The molecule has 1 aromatic heterocycles. The fourth-order valence-corrected chi connectivity index (χ4v) is 2.33. The first-order valence-corrected chi connectivity index (χ1v) is 7.81. The summed E-state index contributed by atoms with van der Waals surface area (Å²) in [5, 5.41) is 16.2. The fourth-order valence-electron chi connectivity index (χ4n) is 2.33. The Kier molecular flexibility index (Phi) is 5.56. The zero-order valence-electron chi connectivity index (χ0n) is 14.4. The van der Waals surface area contributed by atoms with Crippen LogP contribution in [-0.2, 0) is 0 Å². The number of nitrogens with zero attached hydrogens (tertiary/aromatic N) is 3. The number of amides is 2. The van der Waals surface area contributed by atoms with E-state index in [1.807, 2.05) is 19.9 Å². The van der Waals surface area contributed by atoms with Crippen LogP contribution in [0.1, 0.15) is 24.7 Å². The molecule has 2 rings (SSSR count). The van der Waals surface area contributed by atoms with Crippen molar-refractivity contribution in [1.29, 1.82) is 0 Å². The summed E-state index contributed by atoms with van der Waals surface area (Å²) in [6.45, 7) is 5.78. The summed E-state index contributed by atoms with van der Waals surface area (Å²) in [6, 6.07) is 6.00. The van der Waals surface area contributed by atoms with Crippen molar-refractivity contribution in [3.05, 3.63) is 41.5 Å². The Morgan fingerprint density at radius 3 is 2.67 bits per heavy atom. The van der Waals surface area contributed by atoms with Gasteiger partial charge in [0.1, 0.15) is 5.69 Å². The smallest absolute Gasteiger partial charge is 0.321 e. The van der Waals surface area contributed by atoms with E-state index in [2.05, 4.69) is 10.4 Å². The molecule has 0 saturated carbocycles. The minimum Gasteiger partial charge on any atom is -0.393 e. The van der Waals surface area contributed by atoms with Crippen LogP contribution in [0, 0.1) is 19.7 Å². The van der Waals surface area contributed by atoms with E-state index in [1.165, 1.54) is 15.6 Å². The first-order valence-electron chi connectivity index (χ1n) is 7.81. The summed E-state index contributed by atoms with van der Waals surface area (Å²) in [5.74, 6) is -0.467. The topological polar surface area (TPSA) is 70.4 Å². The lowest BCUT2D eigenvalue weighted by atomic mass is 10.2. The third kappa shape index (κ3) is 4.32. The highest BCUT2D eigenvalue weighted by atomic mass is 19.1. The van der Waals surface area contributed by atoms with E-state index in [0.717, 1.165) is 11.4 Å². The van der Waals surface area contributed by atoms with Gasteiger partial charge < -0.3 is 15.3 Å². The maximum Gasteiger partial charge on any atom is 0.321 e. The van der Waals surface area contributed by atoms with E-state index < -0.39 is 11.9 Å². The van der Waals surface area contributed by atoms with Gasteiger partial charge in [-0.05, 0) is 51.5 Å². The Balaban J connectivity index is 2.09. The maximum absolute atomic E-state index is 14.4. The number of urea groups is 1. The average molecular weight is 334 g/mol. The Bertz CT molecular complexity index is 727. The lowest BCUT2D eigenvalue weighted by molar-refractivity contribution is 0.167. The number of benzene rings is 1. The molecule has 1 heterocycles. The highest BCUT2D eigenvalue weighted by molar-refractivity contribution is 5.89. The van der Waals surface area contributed by atoms with Gasteiger partial charge in [0.25, 0.3) is 0 Å². The number of carbonyl (C=O) groups excluding carboxylic acids is 1. The summed E-state index contributed by atoms with van der Waals surface area (Å²) in [4.78, 5) is 13.5. The molecule has 0 aliphatic rings. The number of hydrogen-bond donors (Lipinski definition) is 2. The number of rotatable bonds is 5. The Morgan fingerprint density at radius 1 is 1.42 bits per heavy atom. The molecule has 0 aliphatic carbocycles. The Morgan fingerprint density at radius 2 is 2.12 bits per heavy atom. The number of aromatic nitrogens is 2. The van der Waals surface area contributed by atoms with E-state index in [-0.39, 0.29) is 6.03 Å². The first-order chi connectivity index (χ1) is 11.3. The van der Waals surface area contributed by atoms with Crippen LogP contribution in [0.2, 0.25) is 0 Å². The minimum absolute atomic E-state index is 0.334. The quantitative estimate of drug-likeness (QED) is 0.883. The molecule has 2 aromatic rings. The van der Waals surface area contributed by atoms with Crippen molar-refractivity contribution >= 4 is 11.7 Å². The van der Waals surface area contributed by atoms with Crippen LogP contribution in [0.15, 0.2) is 24.3 Å². The number of halogens is 1. The van der Waals surface area contributed by atoms with E-state index in [1.54, 1.807) is 26.1 Å². The molecule has 0 saturated heterocycles. The van der Waals surface area contributed by atoms with Gasteiger partial charge in [0.2, 0.25) is 0 Å². The summed E-state index contributed by atoms with van der Waals surface area (Å²) in [5.41, 5.74) is 2.35. The second-order valence-corrected chi connectivity index (χ2v) is 5.99. The zero-order chi connectivity index (χ0) is 17.9. The first kappa shape index (κ1) is 17.9. The molecule has 0 aliphatic heterocycles. The molecular weight excluding hydrogens is 311 g/mol. The van der Waals surface area contributed by atoms with Gasteiger partial charge in [-0.2, -0.15) is 5.10 Å². The van der Waals surface area contributed by atoms with Crippen molar-refractivity contribution in [2.75, 3.05) is 18.9 Å². The maximum atomic E-state index is 14.4. The highest BCUT2D eigenvalue weighted by Gasteiger charge is 2.13. The number of hydrogen-bond acceptors (Lipinski definition) is 3. The van der Waals surface area contributed by atoms with Crippen molar-refractivity contribution in [2.24, 2.45) is 0 Å². The second-order valence-electron chi connectivity index (χ2n) is 5.99. The van der Waals surface area contributed by atoms with Gasteiger partial charge in [-0.1, -0.05) is 0 Å². The summed E-state index contributed by atoms with van der Waals surface area (Å²) >= 11 is 0. The Hall–Kier alpha value is -2.41. The molecular formula is C17H23FN4O2. The largest absolute Gasteiger partial charge is 0.393 e. The van der Waals surface area contributed by atoms with Crippen LogP contribution in [0.3, 0.4) is 0 Å². The second kappa shape index (κ2) is 7.44. The molecule has 0 fully saturated rings. The molecule has 2 N–H and O–H groups in total. The van der Waals surface area contributed by atoms with Gasteiger partial charge in [0.15, 0.2) is 5.82 Å². The molecule has 0 spiro atoms.